The summed E-state index contributed by atoms with van der Waals surface area (Å²) in [4.78, 5) is 34.1. The Morgan fingerprint density at radius 2 is 1.69 bits per heavy atom. The number of carboxylic acid groups (broad SMARTS) is 2. The zero-order valence-electron chi connectivity index (χ0n) is 8.50. The van der Waals surface area contributed by atoms with Crippen molar-refractivity contribution in [2.45, 2.75) is 12.8 Å². The number of aliphatic carboxylic acids is 2. The summed E-state index contributed by atoms with van der Waals surface area (Å²) >= 11 is 0. The molecule has 0 heterocycles. The predicted octanol–water partition coefficient (Wildman–Crippen LogP) is 0.243. The van der Waals surface area contributed by atoms with E-state index in [1.807, 2.05) is 0 Å². The fourth-order valence-corrected chi connectivity index (χ4v) is 4.31. The van der Waals surface area contributed by atoms with Crippen molar-refractivity contribution in [2.75, 3.05) is 0 Å². The Bertz CT molecular complexity index is 401. The van der Waals surface area contributed by atoms with Gasteiger partial charge in [0.15, 0.2) is 0 Å². The molecule has 6 unspecified atom stereocenters. The molecule has 0 aliphatic heterocycles. The average Bonchev–Trinajstić information content (AvgIpc) is 2.77. The smallest absolute Gasteiger partial charge is 0.308 e. The number of hydrogen-bond acceptors (Lipinski definition) is 3. The number of ketones is 1. The van der Waals surface area contributed by atoms with Crippen LogP contribution in [0.2, 0.25) is 0 Å². The van der Waals surface area contributed by atoms with Gasteiger partial charge in [0.2, 0.25) is 0 Å². The molecular weight excluding hydrogens is 212 g/mol. The minimum atomic E-state index is -1.13. The van der Waals surface area contributed by atoms with Gasteiger partial charge in [-0.1, -0.05) is 0 Å². The second-order valence-electron chi connectivity index (χ2n) is 5.08. The molecule has 5 heteroatoms. The fraction of sp³-hybridized carbons (Fsp3) is 0.727. The topological polar surface area (TPSA) is 91.7 Å². The molecule has 4 bridgehead atoms. The van der Waals surface area contributed by atoms with Gasteiger partial charge in [-0.25, -0.2) is 0 Å². The highest BCUT2D eigenvalue weighted by Crippen LogP contribution is 2.63. The van der Waals surface area contributed by atoms with Gasteiger partial charge >= 0.3 is 11.9 Å². The lowest BCUT2D eigenvalue weighted by molar-refractivity contribution is -0.160. The Morgan fingerprint density at radius 3 is 2.25 bits per heavy atom. The molecule has 3 aliphatic carbocycles. The number of carboxylic acids is 2. The molecule has 0 aromatic heterocycles. The van der Waals surface area contributed by atoms with Gasteiger partial charge in [0.1, 0.15) is 5.78 Å². The van der Waals surface area contributed by atoms with Crippen LogP contribution in [-0.4, -0.2) is 27.9 Å². The monoisotopic (exact) mass is 224 g/mol. The minimum absolute atomic E-state index is 0.00569. The molecule has 5 nitrogen and oxygen atoms in total. The number of hydrogen-bond donors (Lipinski definition) is 2. The van der Waals surface area contributed by atoms with Gasteiger partial charge in [-0.05, 0) is 24.7 Å². The molecule has 2 N–H and O–H groups in total. The second-order valence-corrected chi connectivity index (χ2v) is 5.08. The summed E-state index contributed by atoms with van der Waals surface area (Å²) in [6, 6.07) is 0. The molecule has 6 atom stereocenters. The van der Waals surface area contributed by atoms with Crippen LogP contribution in [0.25, 0.3) is 0 Å². The first-order valence-electron chi connectivity index (χ1n) is 5.53. The third kappa shape index (κ3) is 0.894. The first-order chi connectivity index (χ1) is 7.54. The molecule has 3 aliphatic rings. The van der Waals surface area contributed by atoms with Crippen LogP contribution < -0.4 is 0 Å². The second kappa shape index (κ2) is 2.84. The van der Waals surface area contributed by atoms with E-state index < -0.39 is 29.7 Å². The van der Waals surface area contributed by atoms with Crippen molar-refractivity contribution in [1.82, 2.24) is 0 Å². The van der Waals surface area contributed by atoms with Gasteiger partial charge < -0.3 is 10.2 Å². The number of carbonyl (C=O) groups is 3. The lowest BCUT2D eigenvalue weighted by Crippen LogP contribution is -2.42. The molecule has 0 radical (unpaired) electrons. The summed E-state index contributed by atoms with van der Waals surface area (Å²) in [5.41, 5.74) is 0. The van der Waals surface area contributed by atoms with Gasteiger partial charge in [0.25, 0.3) is 0 Å². The Balaban J connectivity index is 2.05. The molecule has 86 valence electrons. The van der Waals surface area contributed by atoms with E-state index in [1.165, 1.54) is 0 Å². The molecule has 0 aromatic carbocycles. The van der Waals surface area contributed by atoms with Crippen LogP contribution in [0, 0.1) is 35.5 Å². The third-order valence-corrected chi connectivity index (χ3v) is 4.68. The van der Waals surface area contributed by atoms with Gasteiger partial charge in [0, 0.05) is 11.8 Å². The number of rotatable bonds is 2. The first-order valence-corrected chi connectivity index (χ1v) is 5.53. The van der Waals surface area contributed by atoms with Crippen molar-refractivity contribution >= 4 is 17.7 Å². The summed E-state index contributed by atoms with van der Waals surface area (Å²) in [7, 11) is 0. The third-order valence-electron chi connectivity index (χ3n) is 4.68. The summed E-state index contributed by atoms with van der Waals surface area (Å²) in [6.45, 7) is 0. The average molecular weight is 224 g/mol. The minimum Gasteiger partial charge on any atom is -0.481 e. The van der Waals surface area contributed by atoms with E-state index >= 15 is 0 Å². The van der Waals surface area contributed by atoms with Crippen LogP contribution in [0.15, 0.2) is 0 Å². The van der Waals surface area contributed by atoms with Crippen LogP contribution in [0.3, 0.4) is 0 Å². The van der Waals surface area contributed by atoms with E-state index in [0.717, 1.165) is 12.8 Å². The molecular formula is C11H12O5. The maximum atomic E-state index is 11.9. The first kappa shape index (κ1) is 9.81. The van der Waals surface area contributed by atoms with Gasteiger partial charge in [-0.3, -0.25) is 14.4 Å². The van der Waals surface area contributed by atoms with Crippen LogP contribution >= 0.6 is 0 Å². The van der Waals surface area contributed by atoms with Crippen molar-refractivity contribution in [3.05, 3.63) is 0 Å². The molecule has 0 spiro atoms. The van der Waals surface area contributed by atoms with Crippen molar-refractivity contribution in [1.29, 1.82) is 0 Å². The molecule has 16 heavy (non-hydrogen) atoms. The summed E-state index contributed by atoms with van der Waals surface area (Å²) in [5, 5.41) is 18.2. The molecule has 0 amide bonds. The largest absolute Gasteiger partial charge is 0.481 e. The van der Waals surface area contributed by atoms with Gasteiger partial charge in [-0.2, -0.15) is 0 Å². The highest BCUT2D eigenvalue weighted by atomic mass is 16.4. The molecule has 3 rings (SSSR count). The summed E-state index contributed by atoms with van der Waals surface area (Å²) in [6.07, 6.45) is 1.57. The zero-order valence-corrected chi connectivity index (χ0v) is 8.50. The Morgan fingerprint density at radius 1 is 1.06 bits per heavy atom. The lowest BCUT2D eigenvalue weighted by Gasteiger charge is -2.29. The van der Waals surface area contributed by atoms with Gasteiger partial charge in [-0.15, -0.1) is 0 Å². The maximum Gasteiger partial charge on any atom is 0.308 e. The molecule has 3 fully saturated rings. The SMILES string of the molecule is O=C1C2CCC3C1C(C(=O)O)C(C(=O)O)C23. The normalized spacial score (nSPS) is 48.6. The van der Waals surface area contributed by atoms with Crippen molar-refractivity contribution in [3.63, 3.8) is 0 Å². The Kier molecular flexibility index (Phi) is 1.74. The van der Waals surface area contributed by atoms with Crippen LogP contribution in [-0.2, 0) is 14.4 Å². The van der Waals surface area contributed by atoms with Gasteiger partial charge in [0.05, 0.1) is 11.8 Å². The van der Waals surface area contributed by atoms with E-state index in [2.05, 4.69) is 0 Å². The van der Waals surface area contributed by atoms with E-state index in [0.29, 0.717) is 0 Å². The highest BCUT2D eigenvalue weighted by molar-refractivity contribution is 5.96. The lowest BCUT2D eigenvalue weighted by atomic mass is 9.72. The van der Waals surface area contributed by atoms with Crippen LogP contribution in [0.4, 0.5) is 0 Å². The quantitative estimate of drug-likeness (QED) is 0.701. The predicted molar refractivity (Wildman–Crippen MR) is 50.5 cm³/mol. The number of carbonyl (C=O) groups excluding carboxylic acids is 1. The standard InChI is InChI=1S/C11H12O5/c12-9-4-2-1-3-5(4)7(10(13)14)8(6(3)9)11(15)16/h3-8H,1-2H2,(H,13,14)(H,15,16). The summed E-state index contributed by atoms with van der Waals surface area (Å²) < 4.78 is 0. The fourth-order valence-electron chi connectivity index (χ4n) is 4.31. The highest BCUT2D eigenvalue weighted by Gasteiger charge is 2.69. The van der Waals surface area contributed by atoms with Crippen molar-refractivity contribution < 1.29 is 24.6 Å². The van der Waals surface area contributed by atoms with Crippen molar-refractivity contribution in [3.8, 4) is 0 Å². The van der Waals surface area contributed by atoms with Crippen molar-refractivity contribution in [2.24, 2.45) is 35.5 Å². The number of Topliss-reactive ketones (excluding diaryl/α,β-unsaturated/α-hetero) is 1. The Labute approximate surface area is 91.4 Å². The Hall–Kier alpha value is -1.39. The molecule has 3 saturated carbocycles. The van der Waals surface area contributed by atoms with E-state index in [1.54, 1.807) is 0 Å². The molecule has 0 saturated heterocycles. The van der Waals surface area contributed by atoms with E-state index in [-0.39, 0.29) is 23.5 Å². The summed E-state index contributed by atoms with van der Waals surface area (Å²) in [5.74, 6) is -4.91. The van der Waals surface area contributed by atoms with E-state index in [9.17, 15) is 14.4 Å². The zero-order chi connectivity index (χ0) is 11.6. The van der Waals surface area contributed by atoms with E-state index in [4.69, 9.17) is 10.2 Å². The van der Waals surface area contributed by atoms with Crippen LogP contribution in [0.5, 0.6) is 0 Å². The van der Waals surface area contributed by atoms with Crippen LogP contribution in [0.1, 0.15) is 12.8 Å². The maximum absolute atomic E-state index is 11.9. The molecule has 0 aromatic rings.